The van der Waals surface area contributed by atoms with Crippen LogP contribution < -0.4 is 4.72 Å². The second-order valence-electron chi connectivity index (χ2n) is 6.74. The van der Waals surface area contributed by atoms with Gasteiger partial charge in [0.15, 0.2) is 6.10 Å². The molecule has 128 valence electrons. The van der Waals surface area contributed by atoms with Gasteiger partial charge < -0.3 is 9.47 Å². The second kappa shape index (κ2) is 5.15. The number of hydrogen-bond donors (Lipinski definition) is 1. The molecule has 6 nitrogen and oxygen atoms in total. The van der Waals surface area contributed by atoms with Gasteiger partial charge in [-0.05, 0) is 38.5 Å². The highest BCUT2D eigenvalue weighted by Gasteiger charge is 2.65. The molecule has 3 heterocycles. The third-order valence-electron chi connectivity index (χ3n) is 4.99. The molecule has 2 saturated heterocycles. The molecule has 3 aliphatic heterocycles. The van der Waals surface area contributed by atoms with Crippen LogP contribution in [0.3, 0.4) is 0 Å². The van der Waals surface area contributed by atoms with Crippen LogP contribution in [-0.4, -0.2) is 43.5 Å². The smallest absolute Gasteiger partial charge is 0.338 e. The van der Waals surface area contributed by atoms with E-state index in [1.165, 1.54) is 0 Å². The fraction of sp³-hybridized carbons (Fsp3) is 0.471. The first kappa shape index (κ1) is 15.8. The quantitative estimate of drug-likeness (QED) is 0.643. The summed E-state index contributed by atoms with van der Waals surface area (Å²) >= 11 is 0. The highest BCUT2D eigenvalue weighted by molar-refractivity contribution is 7.90. The Hall–Kier alpha value is -1.70. The van der Waals surface area contributed by atoms with Crippen LogP contribution in [0.2, 0.25) is 0 Å². The number of esters is 1. The van der Waals surface area contributed by atoms with Gasteiger partial charge in [0.1, 0.15) is 10.9 Å². The number of fused-ring (bicyclic) bond motifs is 1. The first-order chi connectivity index (χ1) is 11.3. The lowest BCUT2D eigenvalue weighted by molar-refractivity contribution is -0.0845. The molecule has 0 aliphatic carbocycles. The number of carbonyl (C=O) groups excluding carboxylic acids is 1. The van der Waals surface area contributed by atoms with Gasteiger partial charge in [0.25, 0.3) is 0 Å². The molecule has 4 rings (SSSR count). The number of sulfonamides is 1. The summed E-state index contributed by atoms with van der Waals surface area (Å²) in [5.74, 6) is -0.475. The molecule has 1 aromatic rings. The summed E-state index contributed by atoms with van der Waals surface area (Å²) < 4.78 is 39.1. The van der Waals surface area contributed by atoms with Crippen molar-refractivity contribution < 1.29 is 22.7 Å². The van der Waals surface area contributed by atoms with E-state index in [1.54, 1.807) is 31.2 Å². The maximum absolute atomic E-state index is 12.6. The average molecular weight is 349 g/mol. The van der Waals surface area contributed by atoms with Crippen LogP contribution >= 0.6 is 0 Å². The monoisotopic (exact) mass is 349 g/mol. The van der Waals surface area contributed by atoms with Crippen molar-refractivity contribution in [3.63, 3.8) is 0 Å². The highest BCUT2D eigenvalue weighted by Crippen LogP contribution is 2.48. The van der Waals surface area contributed by atoms with Gasteiger partial charge in [0.2, 0.25) is 10.0 Å². The summed E-state index contributed by atoms with van der Waals surface area (Å²) in [4.78, 5) is 12.6. The Morgan fingerprint density at radius 1 is 1.42 bits per heavy atom. The first-order valence-corrected chi connectivity index (χ1v) is 9.52. The summed E-state index contributed by atoms with van der Waals surface area (Å²) in [6, 6.07) is 6.55. The summed E-state index contributed by atoms with van der Waals surface area (Å²) in [5.41, 5.74) is 0.309. The van der Waals surface area contributed by atoms with Crippen LogP contribution in [0.25, 0.3) is 0 Å². The number of benzene rings is 1. The average Bonchev–Trinajstić information content (AvgIpc) is 3.10. The number of carbonyl (C=O) groups is 1. The predicted molar refractivity (Wildman–Crippen MR) is 87.0 cm³/mol. The minimum absolute atomic E-state index is 0.239. The van der Waals surface area contributed by atoms with E-state index in [0.29, 0.717) is 12.0 Å². The predicted octanol–water partition coefficient (Wildman–Crippen LogP) is 1.31. The Labute approximate surface area is 140 Å². The number of nitrogens with one attached hydrogen (secondary N) is 1. The molecule has 7 heteroatoms. The topological polar surface area (TPSA) is 81.7 Å². The molecule has 2 fully saturated rings. The van der Waals surface area contributed by atoms with E-state index < -0.39 is 39.0 Å². The zero-order valence-corrected chi connectivity index (χ0v) is 14.2. The van der Waals surface area contributed by atoms with Gasteiger partial charge in [-0.25, -0.2) is 17.9 Å². The molecule has 5 atom stereocenters. The minimum atomic E-state index is -3.51. The van der Waals surface area contributed by atoms with E-state index in [1.807, 2.05) is 19.1 Å². The van der Waals surface area contributed by atoms with Crippen LogP contribution in [0.5, 0.6) is 0 Å². The van der Waals surface area contributed by atoms with Crippen molar-refractivity contribution in [1.82, 2.24) is 4.72 Å². The summed E-state index contributed by atoms with van der Waals surface area (Å²) in [6.45, 7) is 3.59. The molecule has 1 N–H and O–H groups in total. The van der Waals surface area contributed by atoms with Crippen LogP contribution in [0.15, 0.2) is 36.4 Å². The van der Waals surface area contributed by atoms with Crippen molar-refractivity contribution in [2.45, 2.75) is 49.4 Å². The summed E-state index contributed by atoms with van der Waals surface area (Å²) in [6.07, 6.45) is 3.06. The van der Waals surface area contributed by atoms with Crippen LogP contribution in [-0.2, 0) is 19.5 Å². The zero-order valence-electron chi connectivity index (χ0n) is 13.4. The van der Waals surface area contributed by atoms with Crippen molar-refractivity contribution in [2.24, 2.45) is 0 Å². The lowest BCUT2D eigenvalue weighted by Gasteiger charge is -2.44. The first-order valence-electron chi connectivity index (χ1n) is 7.98. The van der Waals surface area contributed by atoms with Crippen molar-refractivity contribution in [1.29, 1.82) is 0 Å². The number of ether oxygens (including phenoxy) is 2. The van der Waals surface area contributed by atoms with Crippen LogP contribution in [0.4, 0.5) is 0 Å². The maximum Gasteiger partial charge on any atom is 0.338 e. The van der Waals surface area contributed by atoms with E-state index in [9.17, 15) is 13.2 Å². The molecular formula is C17H19NO5S. The Kier molecular flexibility index (Phi) is 3.39. The van der Waals surface area contributed by atoms with Gasteiger partial charge in [-0.2, -0.15) is 0 Å². The lowest BCUT2D eigenvalue weighted by Crippen LogP contribution is -2.67. The Bertz CT molecular complexity index is 833. The van der Waals surface area contributed by atoms with Crippen molar-refractivity contribution in [3.8, 4) is 0 Å². The van der Waals surface area contributed by atoms with E-state index in [2.05, 4.69) is 4.72 Å². The standard InChI is InChI=1S/C17H19NO5S/c1-10-4-3-5-12(8-10)16(19)22-15-11(2)18-24(20,21)14-9-13-6-7-17(14,15)23-13/h3-8,11,13-15,18H,9H2,1-2H3/t11?,13?,14?,15?,17-/m1/s1. The number of rotatable bonds is 2. The van der Waals surface area contributed by atoms with Crippen LogP contribution in [0.1, 0.15) is 29.3 Å². The third kappa shape index (κ3) is 2.22. The number of aryl methyl sites for hydroxylation is 1. The largest absolute Gasteiger partial charge is 0.454 e. The van der Waals surface area contributed by atoms with Gasteiger partial charge in [0.05, 0.1) is 17.7 Å². The van der Waals surface area contributed by atoms with Crippen molar-refractivity contribution in [2.75, 3.05) is 0 Å². The van der Waals surface area contributed by atoms with Gasteiger partial charge in [-0.3, -0.25) is 0 Å². The zero-order chi connectivity index (χ0) is 17.1. The molecule has 4 unspecified atom stereocenters. The molecule has 0 aromatic heterocycles. The minimum Gasteiger partial charge on any atom is -0.454 e. The molecular weight excluding hydrogens is 330 g/mol. The van der Waals surface area contributed by atoms with Gasteiger partial charge in [0, 0.05) is 0 Å². The number of hydrogen-bond acceptors (Lipinski definition) is 5. The Balaban J connectivity index is 1.67. The molecule has 2 bridgehead atoms. The lowest BCUT2D eigenvalue weighted by atomic mass is 9.85. The highest BCUT2D eigenvalue weighted by atomic mass is 32.2. The molecule has 1 spiro atoms. The normalized spacial score (nSPS) is 38.8. The second-order valence-corrected chi connectivity index (χ2v) is 8.63. The van der Waals surface area contributed by atoms with Gasteiger partial charge in [-0.15, -0.1) is 0 Å². The van der Waals surface area contributed by atoms with Crippen LogP contribution in [0, 0.1) is 6.92 Å². The maximum atomic E-state index is 12.6. The van der Waals surface area contributed by atoms with E-state index >= 15 is 0 Å². The fourth-order valence-electron chi connectivity index (χ4n) is 3.96. The van der Waals surface area contributed by atoms with Gasteiger partial charge in [-0.1, -0.05) is 23.8 Å². The molecule has 24 heavy (non-hydrogen) atoms. The van der Waals surface area contributed by atoms with E-state index in [0.717, 1.165) is 5.56 Å². The molecule has 0 amide bonds. The molecule has 1 aromatic carbocycles. The molecule has 0 radical (unpaired) electrons. The summed E-state index contributed by atoms with van der Waals surface area (Å²) in [7, 11) is -3.51. The van der Waals surface area contributed by atoms with Gasteiger partial charge >= 0.3 is 5.97 Å². The van der Waals surface area contributed by atoms with Crippen molar-refractivity contribution >= 4 is 16.0 Å². The Morgan fingerprint density at radius 3 is 2.92 bits per heavy atom. The Morgan fingerprint density at radius 2 is 2.21 bits per heavy atom. The fourth-order valence-corrected chi connectivity index (χ4v) is 5.96. The third-order valence-corrected chi connectivity index (χ3v) is 7.00. The summed E-state index contributed by atoms with van der Waals surface area (Å²) in [5, 5.41) is -0.730. The molecule has 3 aliphatic rings. The molecule has 0 saturated carbocycles. The van der Waals surface area contributed by atoms with E-state index in [-0.39, 0.29) is 6.10 Å². The van der Waals surface area contributed by atoms with E-state index in [4.69, 9.17) is 9.47 Å². The SMILES string of the molecule is Cc1cccc(C(=O)OC2C(C)NS(=O)(=O)C3CC4C=C[C@]23O4)c1. The van der Waals surface area contributed by atoms with Crippen molar-refractivity contribution in [3.05, 3.63) is 47.5 Å².